The molecule has 3 aromatic carbocycles. The zero-order valence-corrected chi connectivity index (χ0v) is 18.1. The number of amides is 1. The number of nitrogens with one attached hydrogen (secondary N) is 1. The maximum atomic E-state index is 13.9. The smallest absolute Gasteiger partial charge is 0.235 e. The van der Waals surface area contributed by atoms with Gasteiger partial charge < -0.3 is 11.1 Å². The summed E-state index contributed by atoms with van der Waals surface area (Å²) in [5, 5.41) is 2.92. The highest BCUT2D eigenvalue weighted by Gasteiger charge is 2.44. The Morgan fingerprint density at radius 3 is 2.29 bits per heavy atom. The van der Waals surface area contributed by atoms with Gasteiger partial charge in [0.05, 0.1) is 29.2 Å². The number of fused-ring (bicyclic) bond motifs is 1. The Labute approximate surface area is 193 Å². The molecule has 1 aromatic heterocycles. The summed E-state index contributed by atoms with van der Waals surface area (Å²) in [5.41, 5.74) is 8.68. The molecule has 0 saturated heterocycles. The highest BCUT2D eigenvalue weighted by atomic mass is 19.1. The molecule has 5 nitrogen and oxygen atoms in total. The van der Waals surface area contributed by atoms with Gasteiger partial charge in [-0.05, 0) is 72.0 Å². The molecule has 0 saturated carbocycles. The lowest BCUT2D eigenvalue weighted by Gasteiger charge is -2.23. The van der Waals surface area contributed by atoms with Crippen molar-refractivity contribution >= 4 is 17.4 Å². The normalized spacial score (nSPS) is 16.9. The third-order valence-corrected chi connectivity index (χ3v) is 6.06. The average molecular weight is 460 g/mol. The molecule has 1 aliphatic heterocycles. The molecule has 3 N–H and O–H groups in total. The zero-order chi connectivity index (χ0) is 24.0. The van der Waals surface area contributed by atoms with E-state index in [1.165, 1.54) is 36.7 Å². The molecule has 170 valence electrons. The average Bonchev–Trinajstić information content (AvgIpc) is 3.03. The van der Waals surface area contributed by atoms with Crippen molar-refractivity contribution in [2.45, 2.75) is 18.8 Å². The lowest BCUT2D eigenvalue weighted by Crippen LogP contribution is -2.33. The number of hydrogen-bond acceptors (Lipinski definition) is 4. The monoisotopic (exact) mass is 460 g/mol. The fraction of sp³-hybridized carbons (Fsp3) is 0.115. The molecule has 2 heterocycles. The van der Waals surface area contributed by atoms with Gasteiger partial charge in [-0.3, -0.25) is 9.78 Å². The van der Waals surface area contributed by atoms with E-state index in [-0.39, 0.29) is 24.0 Å². The number of carbonyl (C=O) groups is 1. The van der Waals surface area contributed by atoms with Gasteiger partial charge in [-0.1, -0.05) is 12.1 Å². The zero-order valence-electron chi connectivity index (χ0n) is 18.1. The molecule has 8 heteroatoms. The molecular weight excluding hydrogens is 441 g/mol. The molecule has 0 bridgehead atoms. The van der Waals surface area contributed by atoms with Crippen LogP contribution in [0.5, 0.6) is 0 Å². The van der Waals surface area contributed by atoms with Gasteiger partial charge in [-0.15, -0.1) is 0 Å². The van der Waals surface area contributed by atoms with E-state index < -0.39 is 17.0 Å². The summed E-state index contributed by atoms with van der Waals surface area (Å²) in [6, 6.07) is 12.8. The van der Waals surface area contributed by atoms with Crippen LogP contribution >= 0.6 is 0 Å². The minimum Gasteiger partial charge on any atom is -0.382 e. The maximum absolute atomic E-state index is 13.9. The standard InChI is InChI=1S/C26H19F3N4O/c1-26(11-14-6-18(28)10-19(29)7-14)21-9-16(15-2-4-17(27)5-3-15)8-20(24(21)33-25(26)34)22-12-31-13-23(30)32-22/h2-10,12-13H,11H2,1H3,(H2,30,32)(H,33,34). The molecule has 1 amide bonds. The summed E-state index contributed by atoms with van der Waals surface area (Å²) in [6.07, 6.45) is 3.01. The molecule has 0 spiro atoms. The Bertz CT molecular complexity index is 1420. The number of hydrogen-bond donors (Lipinski definition) is 2. The van der Waals surface area contributed by atoms with Crippen molar-refractivity contribution < 1.29 is 18.0 Å². The number of halogens is 3. The predicted octanol–water partition coefficient (Wildman–Crippen LogP) is 5.26. The fourth-order valence-corrected chi connectivity index (χ4v) is 4.40. The summed E-state index contributed by atoms with van der Waals surface area (Å²) in [5.74, 6) is -1.91. The first kappa shape index (κ1) is 21.6. The van der Waals surface area contributed by atoms with E-state index in [1.54, 1.807) is 19.1 Å². The number of nitrogens with zero attached hydrogens (tertiary/aromatic N) is 2. The van der Waals surface area contributed by atoms with E-state index in [9.17, 15) is 18.0 Å². The number of anilines is 2. The molecule has 34 heavy (non-hydrogen) atoms. The highest BCUT2D eigenvalue weighted by molar-refractivity contribution is 6.10. The second-order valence-corrected chi connectivity index (χ2v) is 8.52. The molecule has 4 aromatic rings. The Hall–Kier alpha value is -4.20. The van der Waals surface area contributed by atoms with Crippen molar-refractivity contribution in [1.82, 2.24) is 9.97 Å². The predicted molar refractivity (Wildman–Crippen MR) is 123 cm³/mol. The second-order valence-electron chi connectivity index (χ2n) is 8.52. The SMILES string of the molecule is CC1(Cc2cc(F)cc(F)c2)C(=O)Nc2c(-c3cncc(N)n3)cc(-c3ccc(F)cc3)cc21. The van der Waals surface area contributed by atoms with Crippen LogP contribution in [-0.4, -0.2) is 15.9 Å². The summed E-state index contributed by atoms with van der Waals surface area (Å²) < 4.78 is 41.3. The molecular formula is C26H19F3N4O. The number of nitrogens with two attached hydrogens (primary N) is 1. The molecule has 0 aliphatic carbocycles. The van der Waals surface area contributed by atoms with Crippen molar-refractivity contribution in [1.29, 1.82) is 0 Å². The molecule has 1 aliphatic rings. The van der Waals surface area contributed by atoms with Crippen LogP contribution in [0, 0.1) is 17.5 Å². The van der Waals surface area contributed by atoms with E-state index in [0.29, 0.717) is 33.6 Å². The van der Waals surface area contributed by atoms with Crippen LogP contribution in [0.3, 0.4) is 0 Å². The minimum absolute atomic E-state index is 0.0649. The van der Waals surface area contributed by atoms with Crippen LogP contribution in [0.2, 0.25) is 0 Å². The molecule has 5 rings (SSSR count). The van der Waals surface area contributed by atoms with Crippen LogP contribution in [0.25, 0.3) is 22.4 Å². The Morgan fingerprint density at radius 1 is 0.912 bits per heavy atom. The van der Waals surface area contributed by atoms with Crippen LogP contribution in [0.4, 0.5) is 24.7 Å². The van der Waals surface area contributed by atoms with Gasteiger partial charge in [0.25, 0.3) is 0 Å². The first-order chi connectivity index (χ1) is 16.2. The van der Waals surface area contributed by atoms with Crippen LogP contribution in [0.1, 0.15) is 18.1 Å². The van der Waals surface area contributed by atoms with E-state index >= 15 is 0 Å². The van der Waals surface area contributed by atoms with E-state index in [2.05, 4.69) is 15.3 Å². The number of aromatic nitrogens is 2. The van der Waals surface area contributed by atoms with Crippen molar-refractivity contribution in [3.63, 3.8) is 0 Å². The van der Waals surface area contributed by atoms with Crippen LogP contribution < -0.4 is 11.1 Å². The summed E-state index contributed by atoms with van der Waals surface area (Å²) in [6.45, 7) is 1.72. The third-order valence-electron chi connectivity index (χ3n) is 6.06. The van der Waals surface area contributed by atoms with Gasteiger partial charge in [0.15, 0.2) is 0 Å². The number of rotatable bonds is 4. The first-order valence-corrected chi connectivity index (χ1v) is 10.5. The lowest BCUT2D eigenvalue weighted by atomic mass is 9.77. The fourth-order valence-electron chi connectivity index (χ4n) is 4.40. The van der Waals surface area contributed by atoms with Gasteiger partial charge in [0.1, 0.15) is 23.3 Å². The number of nitrogen functional groups attached to an aromatic ring is 1. The summed E-state index contributed by atoms with van der Waals surface area (Å²) in [4.78, 5) is 21.7. The van der Waals surface area contributed by atoms with Crippen molar-refractivity contribution in [2.24, 2.45) is 0 Å². The molecule has 1 unspecified atom stereocenters. The summed E-state index contributed by atoms with van der Waals surface area (Å²) >= 11 is 0. The Balaban J connectivity index is 1.72. The van der Waals surface area contributed by atoms with Crippen molar-refractivity contribution in [3.8, 4) is 22.4 Å². The largest absolute Gasteiger partial charge is 0.382 e. The minimum atomic E-state index is -1.13. The van der Waals surface area contributed by atoms with Crippen molar-refractivity contribution in [2.75, 3.05) is 11.1 Å². The van der Waals surface area contributed by atoms with Gasteiger partial charge in [0, 0.05) is 11.6 Å². The lowest BCUT2D eigenvalue weighted by molar-refractivity contribution is -0.120. The van der Waals surface area contributed by atoms with Gasteiger partial charge in [-0.2, -0.15) is 0 Å². The van der Waals surface area contributed by atoms with Gasteiger partial charge in [0.2, 0.25) is 5.91 Å². The summed E-state index contributed by atoms with van der Waals surface area (Å²) in [7, 11) is 0. The van der Waals surface area contributed by atoms with Crippen molar-refractivity contribution in [3.05, 3.63) is 95.6 Å². The van der Waals surface area contributed by atoms with E-state index in [0.717, 1.165) is 11.6 Å². The third kappa shape index (κ3) is 3.77. The Morgan fingerprint density at radius 2 is 1.62 bits per heavy atom. The topological polar surface area (TPSA) is 80.9 Å². The quantitative estimate of drug-likeness (QED) is 0.435. The maximum Gasteiger partial charge on any atom is 0.235 e. The second kappa shape index (κ2) is 7.98. The van der Waals surface area contributed by atoms with Gasteiger partial charge in [-0.25, -0.2) is 18.2 Å². The molecule has 1 atom stereocenters. The van der Waals surface area contributed by atoms with E-state index in [1.807, 2.05) is 12.1 Å². The first-order valence-electron chi connectivity index (χ1n) is 10.5. The highest BCUT2D eigenvalue weighted by Crippen LogP contribution is 2.47. The molecule has 0 fully saturated rings. The number of carbonyl (C=O) groups excluding carboxylic acids is 1. The molecule has 0 radical (unpaired) electrons. The number of benzene rings is 3. The van der Waals surface area contributed by atoms with E-state index in [4.69, 9.17) is 5.73 Å². The van der Waals surface area contributed by atoms with Crippen LogP contribution in [-0.2, 0) is 16.6 Å². The Kier molecular flexibility index (Phi) is 5.08. The van der Waals surface area contributed by atoms with Gasteiger partial charge >= 0.3 is 0 Å². The van der Waals surface area contributed by atoms with Crippen LogP contribution in [0.15, 0.2) is 67.0 Å².